The van der Waals surface area contributed by atoms with Crippen LogP contribution in [0, 0.1) is 5.92 Å². The number of nitrogens with two attached hydrogens (primary N) is 1. The van der Waals surface area contributed by atoms with Crippen molar-refractivity contribution in [1.29, 1.82) is 0 Å². The number of nitrogens with zero attached hydrogens (tertiary/aromatic N) is 2. The van der Waals surface area contributed by atoms with Crippen LogP contribution in [0.15, 0.2) is 0 Å². The Morgan fingerprint density at radius 1 is 1.20 bits per heavy atom. The van der Waals surface area contributed by atoms with Crippen molar-refractivity contribution in [1.82, 2.24) is 9.80 Å². The molecule has 1 aliphatic carbocycles. The van der Waals surface area contributed by atoms with Crippen LogP contribution in [-0.4, -0.2) is 67.3 Å². The molecule has 2 saturated heterocycles. The zero-order chi connectivity index (χ0) is 14.0. The number of ether oxygens (including phenoxy) is 1. The number of hydrogen-bond acceptors (Lipinski definition) is 4. The van der Waals surface area contributed by atoms with E-state index in [1.807, 2.05) is 0 Å². The van der Waals surface area contributed by atoms with Gasteiger partial charge in [0.05, 0.1) is 13.2 Å². The molecule has 1 saturated carbocycles. The van der Waals surface area contributed by atoms with Crippen molar-refractivity contribution in [3.8, 4) is 0 Å². The van der Waals surface area contributed by atoms with E-state index in [0.29, 0.717) is 5.54 Å². The van der Waals surface area contributed by atoms with E-state index < -0.39 is 0 Å². The molecule has 3 rings (SSSR count). The minimum atomic E-state index is 0.321. The molecule has 0 aromatic carbocycles. The third-order valence-electron chi connectivity index (χ3n) is 6.04. The summed E-state index contributed by atoms with van der Waals surface area (Å²) in [6.45, 7) is 9.71. The van der Waals surface area contributed by atoms with Gasteiger partial charge in [-0.15, -0.1) is 0 Å². The molecular weight excluding hydrogens is 250 g/mol. The molecule has 0 bridgehead atoms. The van der Waals surface area contributed by atoms with Gasteiger partial charge in [-0.1, -0.05) is 13.3 Å². The van der Waals surface area contributed by atoms with E-state index in [1.54, 1.807) is 0 Å². The molecule has 3 unspecified atom stereocenters. The first-order valence-electron chi connectivity index (χ1n) is 8.54. The van der Waals surface area contributed by atoms with Gasteiger partial charge in [0, 0.05) is 44.3 Å². The molecule has 2 heterocycles. The van der Waals surface area contributed by atoms with Crippen LogP contribution in [0.3, 0.4) is 0 Å². The van der Waals surface area contributed by atoms with Gasteiger partial charge in [0.2, 0.25) is 0 Å². The molecule has 3 atom stereocenters. The fraction of sp³-hybridized carbons (Fsp3) is 1.00. The van der Waals surface area contributed by atoms with E-state index in [-0.39, 0.29) is 0 Å². The highest BCUT2D eigenvalue weighted by atomic mass is 16.5. The van der Waals surface area contributed by atoms with Crippen LogP contribution in [0.4, 0.5) is 0 Å². The fourth-order valence-electron chi connectivity index (χ4n) is 4.58. The number of hydrogen-bond donors (Lipinski definition) is 1. The summed E-state index contributed by atoms with van der Waals surface area (Å²) < 4.78 is 5.48. The lowest BCUT2D eigenvalue weighted by Crippen LogP contribution is -2.53. The van der Waals surface area contributed by atoms with Crippen LogP contribution in [0.2, 0.25) is 0 Å². The molecule has 0 aromatic rings. The lowest BCUT2D eigenvalue weighted by atomic mass is 9.93. The quantitative estimate of drug-likeness (QED) is 0.843. The van der Waals surface area contributed by atoms with Crippen LogP contribution < -0.4 is 5.73 Å². The van der Waals surface area contributed by atoms with Crippen molar-refractivity contribution < 1.29 is 4.74 Å². The first-order chi connectivity index (χ1) is 9.77. The minimum absolute atomic E-state index is 0.321. The summed E-state index contributed by atoms with van der Waals surface area (Å²) in [7, 11) is 0. The maximum absolute atomic E-state index is 6.21. The predicted molar refractivity (Wildman–Crippen MR) is 81.8 cm³/mol. The summed E-state index contributed by atoms with van der Waals surface area (Å²) in [5, 5.41) is 0. The maximum Gasteiger partial charge on any atom is 0.0594 e. The van der Waals surface area contributed by atoms with Crippen LogP contribution >= 0.6 is 0 Å². The van der Waals surface area contributed by atoms with E-state index in [2.05, 4.69) is 16.7 Å². The molecule has 2 N–H and O–H groups in total. The van der Waals surface area contributed by atoms with Gasteiger partial charge in [-0.2, -0.15) is 0 Å². The van der Waals surface area contributed by atoms with Gasteiger partial charge < -0.3 is 10.5 Å². The molecule has 0 aromatic heterocycles. The standard InChI is InChI=1S/C16H31N3O/c1-2-14-3-5-16(11-14,13-17)19-6-4-15(12-19)18-7-9-20-10-8-18/h14-15H,2-13,17H2,1H3. The molecule has 4 heteroatoms. The topological polar surface area (TPSA) is 41.7 Å². The lowest BCUT2D eigenvalue weighted by molar-refractivity contribution is 0.0148. The zero-order valence-electron chi connectivity index (χ0n) is 13.0. The smallest absolute Gasteiger partial charge is 0.0594 e. The molecule has 0 amide bonds. The van der Waals surface area contributed by atoms with E-state index in [4.69, 9.17) is 10.5 Å². The van der Waals surface area contributed by atoms with Gasteiger partial charge in [-0.05, 0) is 31.6 Å². The Morgan fingerprint density at radius 2 is 2.00 bits per heavy atom. The predicted octanol–water partition coefficient (Wildman–Crippen LogP) is 1.30. The largest absolute Gasteiger partial charge is 0.379 e. The normalized spacial score (nSPS) is 40.5. The number of rotatable bonds is 4. The molecule has 0 spiro atoms. The average Bonchev–Trinajstić information content (AvgIpc) is 3.16. The Kier molecular flexibility index (Phi) is 4.65. The van der Waals surface area contributed by atoms with Gasteiger partial charge >= 0.3 is 0 Å². The molecule has 116 valence electrons. The summed E-state index contributed by atoms with van der Waals surface area (Å²) in [4.78, 5) is 5.38. The average molecular weight is 281 g/mol. The minimum Gasteiger partial charge on any atom is -0.379 e. The van der Waals surface area contributed by atoms with Crippen molar-refractivity contribution in [2.24, 2.45) is 11.7 Å². The van der Waals surface area contributed by atoms with E-state index in [1.165, 1.54) is 45.2 Å². The number of likely N-dealkylation sites (tertiary alicyclic amines) is 1. The second kappa shape index (κ2) is 6.30. The summed E-state index contributed by atoms with van der Waals surface area (Å²) in [6, 6.07) is 0.739. The Morgan fingerprint density at radius 3 is 2.65 bits per heavy atom. The van der Waals surface area contributed by atoms with Gasteiger partial charge in [-0.3, -0.25) is 9.80 Å². The highest BCUT2D eigenvalue weighted by Gasteiger charge is 2.45. The molecule has 20 heavy (non-hydrogen) atoms. The van der Waals surface area contributed by atoms with Gasteiger partial charge in [0.15, 0.2) is 0 Å². The summed E-state index contributed by atoms with van der Waals surface area (Å²) in [6.07, 6.45) is 6.67. The lowest BCUT2D eigenvalue weighted by Gasteiger charge is -2.39. The van der Waals surface area contributed by atoms with E-state index >= 15 is 0 Å². The fourth-order valence-corrected chi connectivity index (χ4v) is 4.58. The maximum atomic E-state index is 6.21. The van der Waals surface area contributed by atoms with Crippen LogP contribution in [-0.2, 0) is 4.74 Å². The van der Waals surface area contributed by atoms with E-state index in [0.717, 1.165) is 44.8 Å². The van der Waals surface area contributed by atoms with Crippen molar-refractivity contribution in [2.45, 2.75) is 50.6 Å². The van der Waals surface area contributed by atoms with Gasteiger partial charge in [0.25, 0.3) is 0 Å². The van der Waals surface area contributed by atoms with Crippen molar-refractivity contribution in [3.05, 3.63) is 0 Å². The highest BCUT2D eigenvalue weighted by molar-refractivity contribution is 5.02. The Bertz CT molecular complexity index is 319. The molecule has 0 radical (unpaired) electrons. The first-order valence-corrected chi connectivity index (χ1v) is 8.54. The van der Waals surface area contributed by atoms with Crippen LogP contribution in [0.1, 0.15) is 39.0 Å². The second-order valence-corrected chi connectivity index (χ2v) is 6.98. The van der Waals surface area contributed by atoms with Gasteiger partial charge in [0.1, 0.15) is 0 Å². The Hall–Kier alpha value is -0.160. The Labute approximate surface area is 123 Å². The summed E-state index contributed by atoms with van der Waals surface area (Å²) in [5.41, 5.74) is 6.54. The monoisotopic (exact) mass is 281 g/mol. The first kappa shape index (κ1) is 14.8. The van der Waals surface area contributed by atoms with Crippen LogP contribution in [0.25, 0.3) is 0 Å². The third-order valence-corrected chi connectivity index (χ3v) is 6.04. The number of morpholine rings is 1. The SMILES string of the molecule is CCC1CCC(CN)(N2CCC(N3CCOCC3)C2)C1. The molecule has 4 nitrogen and oxygen atoms in total. The summed E-state index contributed by atoms with van der Waals surface area (Å²) in [5.74, 6) is 0.904. The highest BCUT2D eigenvalue weighted by Crippen LogP contribution is 2.41. The molecule has 3 aliphatic rings. The van der Waals surface area contributed by atoms with Crippen molar-refractivity contribution >= 4 is 0 Å². The Balaban J connectivity index is 1.60. The molecular formula is C16H31N3O. The van der Waals surface area contributed by atoms with E-state index in [9.17, 15) is 0 Å². The zero-order valence-corrected chi connectivity index (χ0v) is 13.0. The third kappa shape index (κ3) is 2.76. The molecule has 2 aliphatic heterocycles. The van der Waals surface area contributed by atoms with Crippen molar-refractivity contribution in [3.63, 3.8) is 0 Å². The van der Waals surface area contributed by atoms with Crippen molar-refractivity contribution in [2.75, 3.05) is 45.9 Å². The second-order valence-electron chi connectivity index (χ2n) is 6.98. The summed E-state index contributed by atoms with van der Waals surface area (Å²) >= 11 is 0. The molecule has 3 fully saturated rings. The van der Waals surface area contributed by atoms with Crippen LogP contribution in [0.5, 0.6) is 0 Å². The van der Waals surface area contributed by atoms with Gasteiger partial charge in [-0.25, -0.2) is 0 Å².